The van der Waals surface area contributed by atoms with Crippen LogP contribution in [0.2, 0.25) is 0 Å². The molecule has 0 radical (unpaired) electrons. The average molecular weight is 497 g/mol. The number of anilines is 1. The number of nitrogens with zero attached hydrogens (tertiary/aromatic N) is 6. The molecule has 37 heavy (non-hydrogen) atoms. The number of rotatable bonds is 6. The molecule has 1 aliphatic carbocycles. The zero-order valence-electron chi connectivity index (χ0n) is 19.9. The van der Waals surface area contributed by atoms with Crippen LogP contribution in [0.25, 0.3) is 39.2 Å². The van der Waals surface area contributed by atoms with Crippen LogP contribution in [0.5, 0.6) is 0 Å². The molecule has 3 heterocycles. The number of benzene rings is 2. The highest BCUT2D eigenvalue weighted by atomic mass is 19.1. The summed E-state index contributed by atoms with van der Waals surface area (Å²) in [5, 5.41) is 8.17. The maximum absolute atomic E-state index is 15.3. The van der Waals surface area contributed by atoms with Crippen LogP contribution in [0.1, 0.15) is 37.1 Å². The van der Waals surface area contributed by atoms with Gasteiger partial charge in [-0.3, -0.25) is 9.56 Å². The molecule has 1 fully saturated rings. The fraction of sp³-hybridized carbons (Fsp3) is 0.148. The number of fused-ring (bicyclic) bond motifs is 1. The Morgan fingerprint density at radius 1 is 1.16 bits per heavy atom. The fourth-order valence-electron chi connectivity index (χ4n) is 4.70. The van der Waals surface area contributed by atoms with Crippen LogP contribution in [0, 0.1) is 11.6 Å². The first-order valence-corrected chi connectivity index (χ1v) is 11.8. The highest BCUT2D eigenvalue weighted by molar-refractivity contribution is 5.98. The van der Waals surface area contributed by atoms with E-state index in [2.05, 4.69) is 31.9 Å². The number of pyridine rings is 1. The summed E-state index contributed by atoms with van der Waals surface area (Å²) in [6, 6.07) is 9.70. The van der Waals surface area contributed by atoms with E-state index in [9.17, 15) is 4.39 Å². The van der Waals surface area contributed by atoms with Gasteiger partial charge in [-0.2, -0.15) is 0 Å². The first kappa shape index (κ1) is 22.7. The maximum atomic E-state index is 15.3. The number of hydrogen-bond donors (Lipinski definition) is 2. The maximum Gasteiger partial charge on any atom is 0.163 e. The molecule has 0 amide bonds. The third-order valence-corrected chi connectivity index (χ3v) is 6.52. The molecule has 3 aromatic heterocycles. The SMILES string of the molecule is C=Nc1c(F)ccc(F)c1/C(=C\C)n1c(C2CC2)nc2c(-c3nnc[nH]3)cc(-c3ccnc(N)c3)cc21. The van der Waals surface area contributed by atoms with Gasteiger partial charge in [-0.1, -0.05) is 6.08 Å². The summed E-state index contributed by atoms with van der Waals surface area (Å²) >= 11 is 0. The van der Waals surface area contributed by atoms with Gasteiger partial charge in [0.2, 0.25) is 0 Å². The fourth-order valence-corrected chi connectivity index (χ4v) is 4.70. The number of aliphatic imine (C=N–C) groups is 1. The molecule has 0 spiro atoms. The highest BCUT2D eigenvalue weighted by Crippen LogP contribution is 2.45. The molecule has 1 saturated carbocycles. The van der Waals surface area contributed by atoms with Gasteiger partial charge in [0.25, 0.3) is 0 Å². The summed E-state index contributed by atoms with van der Waals surface area (Å²) in [6.45, 7) is 5.27. The van der Waals surface area contributed by atoms with Crippen LogP contribution in [-0.2, 0) is 0 Å². The molecule has 2 aromatic carbocycles. The van der Waals surface area contributed by atoms with E-state index in [0.717, 1.165) is 47.5 Å². The van der Waals surface area contributed by atoms with Gasteiger partial charge >= 0.3 is 0 Å². The van der Waals surface area contributed by atoms with Crippen molar-refractivity contribution in [2.75, 3.05) is 5.73 Å². The van der Waals surface area contributed by atoms with Gasteiger partial charge in [0, 0.05) is 17.7 Å². The summed E-state index contributed by atoms with van der Waals surface area (Å²) in [5.41, 5.74) is 10.0. The van der Waals surface area contributed by atoms with Crippen molar-refractivity contribution < 1.29 is 8.78 Å². The van der Waals surface area contributed by atoms with Crippen molar-refractivity contribution in [2.24, 2.45) is 4.99 Å². The van der Waals surface area contributed by atoms with Crippen LogP contribution in [0.15, 0.2) is 60.0 Å². The Labute approximate surface area is 210 Å². The number of aromatic nitrogens is 6. The summed E-state index contributed by atoms with van der Waals surface area (Å²) in [5.74, 6) is 0.597. The summed E-state index contributed by atoms with van der Waals surface area (Å²) < 4.78 is 31.9. The molecule has 0 bridgehead atoms. The van der Waals surface area contributed by atoms with Crippen molar-refractivity contribution in [1.82, 2.24) is 29.7 Å². The summed E-state index contributed by atoms with van der Waals surface area (Å²) in [4.78, 5) is 16.0. The van der Waals surface area contributed by atoms with E-state index in [1.165, 1.54) is 6.33 Å². The van der Waals surface area contributed by atoms with Crippen LogP contribution >= 0.6 is 0 Å². The minimum absolute atomic E-state index is 0.0264. The molecule has 1 aliphatic rings. The first-order valence-electron chi connectivity index (χ1n) is 11.8. The van der Waals surface area contributed by atoms with Crippen molar-refractivity contribution in [3.05, 3.63) is 78.0 Å². The third-order valence-electron chi connectivity index (χ3n) is 6.52. The normalized spacial score (nSPS) is 13.9. The number of halogens is 2. The lowest BCUT2D eigenvalue weighted by Gasteiger charge is -2.17. The molecule has 0 saturated heterocycles. The largest absolute Gasteiger partial charge is 0.384 e. The van der Waals surface area contributed by atoms with Crippen LogP contribution < -0.4 is 5.73 Å². The number of imidazole rings is 1. The zero-order chi connectivity index (χ0) is 25.7. The zero-order valence-corrected chi connectivity index (χ0v) is 19.9. The van der Waals surface area contributed by atoms with Crippen molar-refractivity contribution in [2.45, 2.75) is 25.7 Å². The monoisotopic (exact) mass is 496 g/mol. The Hall–Kier alpha value is -4.73. The smallest absolute Gasteiger partial charge is 0.163 e. The minimum atomic E-state index is -0.654. The molecule has 184 valence electrons. The molecule has 5 aromatic rings. The number of hydrogen-bond acceptors (Lipinski definition) is 6. The molecule has 6 rings (SSSR count). The Kier molecular flexibility index (Phi) is 5.36. The van der Waals surface area contributed by atoms with E-state index in [-0.39, 0.29) is 17.2 Å². The number of nitrogens with two attached hydrogens (primary N) is 1. The van der Waals surface area contributed by atoms with Crippen LogP contribution in [0.3, 0.4) is 0 Å². The molecule has 0 unspecified atom stereocenters. The Balaban J connectivity index is 1.71. The van der Waals surface area contributed by atoms with Gasteiger partial charge < -0.3 is 10.7 Å². The number of aromatic amines is 1. The van der Waals surface area contributed by atoms with E-state index in [4.69, 9.17) is 10.7 Å². The number of nitrogen functional groups attached to an aromatic ring is 1. The Morgan fingerprint density at radius 2 is 1.97 bits per heavy atom. The second-order valence-electron chi connectivity index (χ2n) is 8.86. The first-order chi connectivity index (χ1) is 18.0. The topological polar surface area (TPSA) is 111 Å². The molecular formula is C27H22F2N8. The van der Waals surface area contributed by atoms with Crippen molar-refractivity contribution in [3.63, 3.8) is 0 Å². The van der Waals surface area contributed by atoms with Gasteiger partial charge in [0.1, 0.15) is 40.8 Å². The summed E-state index contributed by atoms with van der Waals surface area (Å²) in [7, 11) is 0. The van der Waals surface area contributed by atoms with Gasteiger partial charge in [0.15, 0.2) is 5.82 Å². The van der Waals surface area contributed by atoms with Crippen LogP contribution in [-0.4, -0.2) is 36.4 Å². The van der Waals surface area contributed by atoms with Gasteiger partial charge in [-0.15, -0.1) is 10.2 Å². The minimum Gasteiger partial charge on any atom is -0.384 e. The molecule has 0 atom stereocenters. The lowest BCUT2D eigenvalue weighted by molar-refractivity contribution is 0.598. The molecule has 8 nitrogen and oxygen atoms in total. The van der Waals surface area contributed by atoms with Crippen molar-refractivity contribution >= 4 is 35.0 Å². The van der Waals surface area contributed by atoms with Crippen molar-refractivity contribution in [1.29, 1.82) is 0 Å². The molecule has 0 aliphatic heterocycles. The second kappa shape index (κ2) is 8.74. The number of H-pyrrole nitrogens is 1. The van der Waals surface area contributed by atoms with E-state index >= 15 is 4.39 Å². The Morgan fingerprint density at radius 3 is 2.65 bits per heavy atom. The number of nitrogens with one attached hydrogen (secondary N) is 1. The Bertz CT molecular complexity index is 1700. The van der Waals surface area contributed by atoms with Gasteiger partial charge in [-0.25, -0.2) is 18.7 Å². The highest BCUT2D eigenvalue weighted by Gasteiger charge is 2.33. The quantitative estimate of drug-likeness (QED) is 0.286. The van der Waals surface area contributed by atoms with E-state index < -0.39 is 11.6 Å². The van der Waals surface area contributed by atoms with E-state index in [1.807, 2.05) is 22.8 Å². The van der Waals surface area contributed by atoms with Gasteiger partial charge in [-0.05, 0) is 74.0 Å². The van der Waals surface area contributed by atoms with E-state index in [0.29, 0.717) is 28.4 Å². The third kappa shape index (κ3) is 3.77. The molecule has 10 heteroatoms. The second-order valence-corrected chi connectivity index (χ2v) is 8.86. The standard InChI is InChI=1S/C27H22F2N8/c1-3-20(23-18(28)6-7-19(29)25(23)31-2)37-21-11-16(15-8-9-32-22(30)12-15)10-17(26-33-13-34-36-26)24(21)35-27(37)14-4-5-14/h3,6-14H,2,4-5H2,1H3,(H2,30,32)(H,33,34,36)/b20-3+. The van der Waals surface area contributed by atoms with Crippen LogP contribution in [0.4, 0.5) is 20.3 Å². The number of allylic oxidation sites excluding steroid dienone is 1. The predicted molar refractivity (Wildman–Crippen MR) is 139 cm³/mol. The van der Waals surface area contributed by atoms with E-state index in [1.54, 1.807) is 25.3 Å². The summed E-state index contributed by atoms with van der Waals surface area (Å²) in [6.07, 6.45) is 6.77. The molecular weight excluding hydrogens is 474 g/mol. The van der Waals surface area contributed by atoms with Crippen molar-refractivity contribution in [3.8, 4) is 22.5 Å². The lowest BCUT2D eigenvalue weighted by Crippen LogP contribution is -2.06. The average Bonchev–Trinajstić information content (AvgIpc) is 3.46. The lowest BCUT2D eigenvalue weighted by atomic mass is 10.0. The predicted octanol–water partition coefficient (Wildman–Crippen LogP) is 5.86. The van der Waals surface area contributed by atoms with Gasteiger partial charge in [0.05, 0.1) is 16.8 Å². The molecule has 3 N–H and O–H groups in total.